The number of benzene rings is 1. The molecule has 0 bridgehead atoms. The molecule has 0 spiro atoms. The number of nitrogens with two attached hydrogens (primary N) is 1. The van der Waals surface area contributed by atoms with Crippen LogP contribution in [0.3, 0.4) is 0 Å². The zero-order valence-electron chi connectivity index (χ0n) is 13.2. The zero-order valence-corrected chi connectivity index (χ0v) is 14.8. The average molecular weight is 345 g/mol. The van der Waals surface area contributed by atoms with Crippen molar-refractivity contribution in [2.24, 2.45) is 11.1 Å². The maximum absolute atomic E-state index is 12.9. The molecule has 3 rings (SSSR count). The van der Waals surface area contributed by atoms with Gasteiger partial charge in [0, 0.05) is 19.1 Å². The van der Waals surface area contributed by atoms with E-state index in [2.05, 4.69) is 0 Å². The average Bonchev–Trinajstić information content (AvgIpc) is 2.88. The number of hydrogen-bond acceptors (Lipinski definition) is 3. The summed E-state index contributed by atoms with van der Waals surface area (Å²) in [5.74, 6) is 0. The van der Waals surface area contributed by atoms with E-state index in [0.29, 0.717) is 18.0 Å². The maximum Gasteiger partial charge on any atom is 0.243 e. The first kappa shape index (κ1) is 17.7. The van der Waals surface area contributed by atoms with Crippen LogP contribution >= 0.6 is 12.4 Å². The zero-order chi connectivity index (χ0) is 15.3. The topological polar surface area (TPSA) is 63.4 Å². The van der Waals surface area contributed by atoms with Gasteiger partial charge in [0.1, 0.15) is 0 Å². The summed E-state index contributed by atoms with van der Waals surface area (Å²) in [5, 5.41) is 0. The molecule has 124 valence electrons. The van der Waals surface area contributed by atoms with Gasteiger partial charge < -0.3 is 5.73 Å². The van der Waals surface area contributed by atoms with Crippen LogP contribution in [0.2, 0.25) is 0 Å². The Morgan fingerprint density at radius 3 is 2.59 bits per heavy atom. The Balaban J connectivity index is 0.00000176. The second kappa shape index (κ2) is 6.11. The van der Waals surface area contributed by atoms with Gasteiger partial charge in [0.05, 0.1) is 4.90 Å². The second-order valence-electron chi connectivity index (χ2n) is 7.01. The fourth-order valence-electron chi connectivity index (χ4n) is 3.39. The van der Waals surface area contributed by atoms with Gasteiger partial charge >= 0.3 is 0 Å². The Labute approximate surface area is 139 Å². The normalized spacial score (nSPS) is 24.6. The minimum absolute atomic E-state index is 0. The SMILES string of the molecule is CC1(C)CN(S(=O)(=O)c2ccc3c(c2)CCC3)CCC1N.Cl. The number of fused-ring (bicyclic) bond motifs is 1. The van der Waals surface area contributed by atoms with E-state index in [1.54, 1.807) is 10.4 Å². The Morgan fingerprint density at radius 2 is 1.91 bits per heavy atom. The monoisotopic (exact) mass is 344 g/mol. The smallest absolute Gasteiger partial charge is 0.243 e. The van der Waals surface area contributed by atoms with Crippen LogP contribution in [0.4, 0.5) is 0 Å². The predicted molar refractivity (Wildman–Crippen MR) is 90.8 cm³/mol. The number of sulfonamides is 1. The van der Waals surface area contributed by atoms with Crippen molar-refractivity contribution < 1.29 is 8.42 Å². The number of aryl methyl sites for hydroxylation is 2. The Morgan fingerprint density at radius 1 is 1.23 bits per heavy atom. The summed E-state index contributed by atoms with van der Waals surface area (Å²) in [6, 6.07) is 5.68. The van der Waals surface area contributed by atoms with Crippen LogP contribution in [0, 0.1) is 5.41 Å². The molecule has 1 saturated heterocycles. The summed E-state index contributed by atoms with van der Waals surface area (Å²) in [7, 11) is -3.40. The summed E-state index contributed by atoms with van der Waals surface area (Å²) in [5.41, 5.74) is 8.43. The number of rotatable bonds is 2. The summed E-state index contributed by atoms with van der Waals surface area (Å²) in [6.07, 6.45) is 3.91. The van der Waals surface area contributed by atoms with Crippen LogP contribution in [-0.4, -0.2) is 31.9 Å². The van der Waals surface area contributed by atoms with Gasteiger partial charge in [0.2, 0.25) is 10.0 Å². The van der Waals surface area contributed by atoms with Gasteiger partial charge in [-0.3, -0.25) is 0 Å². The lowest BCUT2D eigenvalue weighted by atomic mass is 9.81. The van der Waals surface area contributed by atoms with E-state index in [9.17, 15) is 8.42 Å². The van der Waals surface area contributed by atoms with Crippen LogP contribution < -0.4 is 5.73 Å². The van der Waals surface area contributed by atoms with Crippen LogP contribution in [-0.2, 0) is 22.9 Å². The second-order valence-corrected chi connectivity index (χ2v) is 8.94. The summed E-state index contributed by atoms with van der Waals surface area (Å²) < 4.78 is 27.3. The van der Waals surface area contributed by atoms with Gasteiger partial charge in [-0.05, 0) is 54.4 Å². The molecule has 1 unspecified atom stereocenters. The maximum atomic E-state index is 12.9. The molecule has 1 atom stereocenters. The van der Waals surface area contributed by atoms with Gasteiger partial charge in [-0.25, -0.2) is 8.42 Å². The van der Waals surface area contributed by atoms with E-state index >= 15 is 0 Å². The molecular weight excluding hydrogens is 320 g/mol. The molecule has 4 nitrogen and oxygen atoms in total. The minimum atomic E-state index is -3.40. The summed E-state index contributed by atoms with van der Waals surface area (Å²) in [4.78, 5) is 0.439. The van der Waals surface area contributed by atoms with Crippen molar-refractivity contribution in [2.75, 3.05) is 13.1 Å². The number of halogens is 1. The molecule has 6 heteroatoms. The molecule has 0 radical (unpaired) electrons. The van der Waals surface area contributed by atoms with Crippen molar-refractivity contribution in [1.82, 2.24) is 4.31 Å². The van der Waals surface area contributed by atoms with Crippen LogP contribution in [0.5, 0.6) is 0 Å². The highest BCUT2D eigenvalue weighted by molar-refractivity contribution is 7.89. The van der Waals surface area contributed by atoms with Crippen molar-refractivity contribution in [3.63, 3.8) is 0 Å². The van der Waals surface area contributed by atoms with Gasteiger partial charge in [-0.15, -0.1) is 12.4 Å². The molecule has 0 saturated carbocycles. The Bertz CT molecular complexity index is 658. The first-order valence-corrected chi connectivity index (χ1v) is 9.12. The van der Waals surface area contributed by atoms with Crippen LogP contribution in [0.1, 0.15) is 37.8 Å². The standard InChI is InChI=1S/C16H24N2O2S.ClH/c1-16(2)11-18(9-8-15(16)17)21(19,20)14-7-6-12-4-3-5-13(12)10-14;/h6-7,10,15H,3-5,8-9,11,17H2,1-2H3;1H. The molecule has 0 amide bonds. The molecular formula is C16H25ClN2O2S. The number of nitrogens with zero attached hydrogens (tertiary/aromatic N) is 1. The lowest BCUT2D eigenvalue weighted by molar-refractivity contribution is 0.155. The highest BCUT2D eigenvalue weighted by atomic mass is 35.5. The van der Waals surface area contributed by atoms with Crippen molar-refractivity contribution >= 4 is 22.4 Å². The third-order valence-electron chi connectivity index (χ3n) is 4.98. The van der Waals surface area contributed by atoms with Crippen LogP contribution in [0.15, 0.2) is 23.1 Å². The first-order valence-electron chi connectivity index (χ1n) is 7.68. The molecule has 22 heavy (non-hydrogen) atoms. The first-order chi connectivity index (χ1) is 9.80. The van der Waals surface area contributed by atoms with E-state index in [-0.39, 0.29) is 23.9 Å². The minimum Gasteiger partial charge on any atom is -0.327 e. The molecule has 1 aromatic carbocycles. The lowest BCUT2D eigenvalue weighted by Crippen LogP contribution is -2.53. The predicted octanol–water partition coefficient (Wildman–Crippen LogP) is 2.35. The molecule has 1 heterocycles. The van der Waals surface area contributed by atoms with Crippen molar-refractivity contribution in [2.45, 2.75) is 50.5 Å². The van der Waals surface area contributed by atoms with Gasteiger partial charge in [0.25, 0.3) is 0 Å². The van der Waals surface area contributed by atoms with Crippen molar-refractivity contribution in [1.29, 1.82) is 0 Å². The van der Waals surface area contributed by atoms with E-state index in [4.69, 9.17) is 5.73 Å². The molecule has 1 fully saturated rings. The highest BCUT2D eigenvalue weighted by Crippen LogP contribution is 2.32. The third kappa shape index (κ3) is 3.04. The summed E-state index contributed by atoms with van der Waals surface area (Å²) in [6.45, 7) is 5.10. The van der Waals surface area contributed by atoms with Crippen LogP contribution in [0.25, 0.3) is 0 Å². The van der Waals surface area contributed by atoms with Crippen molar-refractivity contribution in [3.8, 4) is 0 Å². The van der Waals surface area contributed by atoms with Gasteiger partial charge in [0.15, 0.2) is 0 Å². The fourth-order valence-corrected chi connectivity index (χ4v) is 5.07. The van der Waals surface area contributed by atoms with E-state index in [1.807, 2.05) is 26.0 Å². The molecule has 0 aromatic heterocycles. The molecule has 2 N–H and O–H groups in total. The quantitative estimate of drug-likeness (QED) is 0.895. The Hall–Kier alpha value is -0.620. The lowest BCUT2D eigenvalue weighted by Gasteiger charge is -2.41. The molecule has 1 aromatic rings. The van der Waals surface area contributed by atoms with E-state index in [1.165, 1.54) is 11.1 Å². The van der Waals surface area contributed by atoms with E-state index in [0.717, 1.165) is 25.7 Å². The highest BCUT2D eigenvalue weighted by Gasteiger charge is 2.38. The third-order valence-corrected chi connectivity index (χ3v) is 6.83. The molecule has 2 aliphatic rings. The number of piperidine rings is 1. The van der Waals surface area contributed by atoms with Crippen molar-refractivity contribution in [3.05, 3.63) is 29.3 Å². The van der Waals surface area contributed by atoms with Gasteiger partial charge in [-0.2, -0.15) is 4.31 Å². The van der Waals surface area contributed by atoms with E-state index < -0.39 is 10.0 Å². The molecule has 1 aliphatic heterocycles. The Kier molecular flexibility index (Phi) is 4.93. The summed E-state index contributed by atoms with van der Waals surface area (Å²) >= 11 is 0. The largest absolute Gasteiger partial charge is 0.327 e. The molecule has 1 aliphatic carbocycles. The number of hydrogen-bond donors (Lipinski definition) is 1. The van der Waals surface area contributed by atoms with Gasteiger partial charge in [-0.1, -0.05) is 19.9 Å². The fraction of sp³-hybridized carbons (Fsp3) is 0.625.